The number of benzene rings is 3. The van der Waals surface area contributed by atoms with Crippen molar-refractivity contribution in [3.05, 3.63) is 112 Å². The SMILES string of the molecule is Cc1ccc(CCc2n[nH]c(Cc3ccc(NS(=O)(=O)c4ccc(C)cc4)cc3)c2C(N)=O)cc1. The van der Waals surface area contributed by atoms with Crippen molar-refractivity contribution in [2.45, 2.75) is 38.0 Å². The molecule has 7 nitrogen and oxygen atoms in total. The first-order chi connectivity index (χ1) is 16.7. The molecule has 3 aromatic carbocycles. The first-order valence-corrected chi connectivity index (χ1v) is 12.8. The summed E-state index contributed by atoms with van der Waals surface area (Å²) in [7, 11) is -3.68. The zero-order chi connectivity index (χ0) is 25.0. The van der Waals surface area contributed by atoms with E-state index in [0.29, 0.717) is 35.5 Å². The van der Waals surface area contributed by atoms with Crippen LogP contribution in [0.3, 0.4) is 0 Å². The number of rotatable bonds is 9. The van der Waals surface area contributed by atoms with Crippen molar-refractivity contribution in [3.8, 4) is 0 Å². The van der Waals surface area contributed by atoms with Gasteiger partial charge in [0.25, 0.3) is 15.9 Å². The lowest BCUT2D eigenvalue weighted by molar-refractivity contribution is 0.0998. The first-order valence-electron chi connectivity index (χ1n) is 11.3. The summed E-state index contributed by atoms with van der Waals surface area (Å²) in [6, 6.07) is 21.9. The third-order valence-electron chi connectivity index (χ3n) is 5.85. The van der Waals surface area contributed by atoms with Gasteiger partial charge in [0, 0.05) is 12.1 Å². The molecule has 0 spiro atoms. The lowest BCUT2D eigenvalue weighted by atomic mass is 10.0. The Morgan fingerprint density at radius 3 is 2.03 bits per heavy atom. The number of nitrogens with zero attached hydrogens (tertiary/aromatic N) is 1. The third-order valence-corrected chi connectivity index (χ3v) is 7.25. The molecule has 0 aliphatic heterocycles. The molecule has 35 heavy (non-hydrogen) atoms. The van der Waals surface area contributed by atoms with Crippen LogP contribution >= 0.6 is 0 Å². The van der Waals surface area contributed by atoms with E-state index in [9.17, 15) is 13.2 Å². The number of anilines is 1. The van der Waals surface area contributed by atoms with Crippen LogP contribution in [0.1, 0.15) is 44.0 Å². The predicted molar refractivity (Wildman–Crippen MR) is 137 cm³/mol. The number of aromatic amines is 1. The second-order valence-electron chi connectivity index (χ2n) is 8.67. The van der Waals surface area contributed by atoms with Gasteiger partial charge in [-0.1, -0.05) is 59.7 Å². The molecular formula is C27H28N4O3S. The molecule has 8 heteroatoms. The fourth-order valence-electron chi connectivity index (χ4n) is 3.86. The molecule has 1 heterocycles. The second-order valence-corrected chi connectivity index (χ2v) is 10.3. The molecule has 0 saturated heterocycles. The maximum Gasteiger partial charge on any atom is 0.261 e. The van der Waals surface area contributed by atoms with Crippen molar-refractivity contribution < 1.29 is 13.2 Å². The maximum atomic E-state index is 12.6. The van der Waals surface area contributed by atoms with E-state index in [1.165, 1.54) is 11.1 Å². The molecular weight excluding hydrogens is 460 g/mol. The molecule has 4 rings (SSSR count). The van der Waals surface area contributed by atoms with Crippen LogP contribution in [0.5, 0.6) is 0 Å². The maximum absolute atomic E-state index is 12.6. The van der Waals surface area contributed by atoms with Gasteiger partial charge in [-0.25, -0.2) is 8.42 Å². The Bertz CT molecular complexity index is 1420. The van der Waals surface area contributed by atoms with Gasteiger partial charge in [-0.2, -0.15) is 5.10 Å². The summed E-state index contributed by atoms with van der Waals surface area (Å²) in [6.45, 7) is 3.94. The summed E-state index contributed by atoms with van der Waals surface area (Å²) in [4.78, 5) is 12.4. The summed E-state index contributed by atoms with van der Waals surface area (Å²) < 4.78 is 27.8. The zero-order valence-corrected chi connectivity index (χ0v) is 20.5. The highest BCUT2D eigenvalue weighted by atomic mass is 32.2. The van der Waals surface area contributed by atoms with E-state index in [2.05, 4.69) is 39.2 Å². The van der Waals surface area contributed by atoms with Crippen molar-refractivity contribution in [1.29, 1.82) is 0 Å². The number of nitrogens with one attached hydrogen (secondary N) is 2. The van der Waals surface area contributed by atoms with Gasteiger partial charge in [0.1, 0.15) is 0 Å². The van der Waals surface area contributed by atoms with Crippen molar-refractivity contribution >= 4 is 21.6 Å². The Morgan fingerprint density at radius 2 is 1.43 bits per heavy atom. The van der Waals surface area contributed by atoms with Crippen LogP contribution in [0, 0.1) is 13.8 Å². The number of primary amides is 1. The number of hydrogen-bond acceptors (Lipinski definition) is 4. The Hall–Kier alpha value is -3.91. The molecule has 1 aromatic heterocycles. The fraction of sp³-hybridized carbons (Fsp3) is 0.185. The highest BCUT2D eigenvalue weighted by molar-refractivity contribution is 7.92. The summed E-state index contributed by atoms with van der Waals surface area (Å²) in [6.07, 6.45) is 1.76. The van der Waals surface area contributed by atoms with Crippen LogP contribution in [-0.4, -0.2) is 24.5 Å². The molecule has 0 aliphatic carbocycles. The van der Waals surface area contributed by atoms with Gasteiger partial charge in [0.15, 0.2) is 0 Å². The van der Waals surface area contributed by atoms with Crippen LogP contribution < -0.4 is 10.5 Å². The number of aryl methyl sites for hydroxylation is 4. The molecule has 180 valence electrons. The topological polar surface area (TPSA) is 118 Å². The van der Waals surface area contributed by atoms with Gasteiger partial charge < -0.3 is 5.73 Å². The van der Waals surface area contributed by atoms with Crippen molar-refractivity contribution in [2.24, 2.45) is 5.73 Å². The highest BCUT2D eigenvalue weighted by Gasteiger charge is 2.19. The number of hydrogen-bond donors (Lipinski definition) is 3. The highest BCUT2D eigenvalue weighted by Crippen LogP contribution is 2.21. The number of carbonyl (C=O) groups excluding carboxylic acids is 1. The largest absolute Gasteiger partial charge is 0.365 e. The van der Waals surface area contributed by atoms with Gasteiger partial charge in [-0.05, 0) is 62.1 Å². The number of amides is 1. The lowest BCUT2D eigenvalue weighted by Gasteiger charge is -2.09. The standard InChI is InChI=1S/C27H28N4O3S/c1-18-3-7-20(8-4-18)11-16-24-26(27(28)32)25(30-29-24)17-21-9-12-22(13-10-21)31-35(33,34)23-14-5-19(2)6-15-23/h3-10,12-15,31H,11,16-17H2,1-2H3,(H2,28,32)(H,29,30). The summed E-state index contributed by atoms with van der Waals surface area (Å²) in [5, 5.41) is 7.32. The van der Waals surface area contributed by atoms with Crippen LogP contribution in [0.25, 0.3) is 0 Å². The molecule has 0 radical (unpaired) electrons. The fourth-order valence-corrected chi connectivity index (χ4v) is 4.92. The molecule has 0 bridgehead atoms. The van der Waals surface area contributed by atoms with Gasteiger partial charge in [-0.15, -0.1) is 0 Å². The average Bonchev–Trinajstić information content (AvgIpc) is 3.23. The minimum Gasteiger partial charge on any atom is -0.365 e. The van der Waals surface area contributed by atoms with Crippen LogP contribution in [0.4, 0.5) is 5.69 Å². The molecule has 4 aromatic rings. The molecule has 0 saturated carbocycles. The van der Waals surface area contributed by atoms with E-state index in [-0.39, 0.29) is 4.90 Å². The Morgan fingerprint density at radius 1 is 0.857 bits per heavy atom. The molecule has 4 N–H and O–H groups in total. The van der Waals surface area contributed by atoms with E-state index in [1.54, 1.807) is 36.4 Å². The molecule has 0 atom stereocenters. The van der Waals surface area contributed by atoms with E-state index < -0.39 is 15.9 Å². The third kappa shape index (κ3) is 5.96. The van der Waals surface area contributed by atoms with E-state index in [0.717, 1.165) is 17.5 Å². The molecule has 1 amide bonds. The number of sulfonamides is 1. The summed E-state index contributed by atoms with van der Waals surface area (Å²) in [5.74, 6) is -0.518. The van der Waals surface area contributed by atoms with E-state index in [4.69, 9.17) is 5.73 Å². The number of nitrogens with two attached hydrogens (primary N) is 1. The van der Waals surface area contributed by atoms with Gasteiger partial charge in [-0.3, -0.25) is 14.6 Å². The quantitative estimate of drug-likeness (QED) is 0.325. The Balaban J connectivity index is 1.45. The number of aromatic nitrogens is 2. The predicted octanol–water partition coefficient (Wildman–Crippen LogP) is 4.30. The zero-order valence-electron chi connectivity index (χ0n) is 19.7. The summed E-state index contributed by atoms with van der Waals surface area (Å²) in [5.41, 5.74) is 12.1. The van der Waals surface area contributed by atoms with Crippen LogP contribution in [-0.2, 0) is 29.3 Å². The molecule has 0 aliphatic rings. The van der Waals surface area contributed by atoms with Crippen molar-refractivity contribution in [1.82, 2.24) is 10.2 Å². The van der Waals surface area contributed by atoms with Gasteiger partial charge >= 0.3 is 0 Å². The lowest BCUT2D eigenvalue weighted by Crippen LogP contribution is -2.15. The van der Waals surface area contributed by atoms with E-state index >= 15 is 0 Å². The number of carbonyl (C=O) groups is 1. The van der Waals surface area contributed by atoms with Crippen LogP contribution in [0.2, 0.25) is 0 Å². The second kappa shape index (κ2) is 10.1. The van der Waals surface area contributed by atoms with Crippen LogP contribution in [0.15, 0.2) is 77.7 Å². The number of H-pyrrole nitrogens is 1. The smallest absolute Gasteiger partial charge is 0.261 e. The summed E-state index contributed by atoms with van der Waals surface area (Å²) >= 11 is 0. The monoisotopic (exact) mass is 488 g/mol. The molecule has 0 fully saturated rings. The average molecular weight is 489 g/mol. The van der Waals surface area contributed by atoms with Crippen molar-refractivity contribution in [3.63, 3.8) is 0 Å². The van der Waals surface area contributed by atoms with Crippen molar-refractivity contribution in [2.75, 3.05) is 4.72 Å². The van der Waals surface area contributed by atoms with E-state index in [1.807, 2.05) is 26.0 Å². The van der Waals surface area contributed by atoms with Gasteiger partial charge in [0.2, 0.25) is 0 Å². The normalized spacial score (nSPS) is 11.4. The Kier molecular flexibility index (Phi) is 7.02. The Labute approximate surface area is 205 Å². The minimum absolute atomic E-state index is 0.203. The van der Waals surface area contributed by atoms with Gasteiger partial charge in [0.05, 0.1) is 21.8 Å². The minimum atomic E-state index is -3.68. The molecule has 0 unspecified atom stereocenters. The first kappa shape index (κ1) is 24.2.